The van der Waals surface area contributed by atoms with E-state index >= 15 is 0 Å². The predicted octanol–water partition coefficient (Wildman–Crippen LogP) is 2.17. The lowest BCUT2D eigenvalue weighted by Gasteiger charge is -2.20. The molecule has 0 aliphatic carbocycles. The maximum atomic E-state index is 9.29. The summed E-state index contributed by atoms with van der Waals surface area (Å²) in [5, 5.41) is 9.29. The fourth-order valence-corrected chi connectivity index (χ4v) is 1.64. The molecule has 0 aliphatic rings. The van der Waals surface area contributed by atoms with Crippen molar-refractivity contribution in [1.29, 1.82) is 0 Å². The van der Waals surface area contributed by atoms with Gasteiger partial charge in [0, 0.05) is 25.9 Å². The monoisotopic (exact) mass is 252 g/mol. The van der Waals surface area contributed by atoms with E-state index in [2.05, 4.69) is 23.7 Å². The molecule has 18 heavy (non-hydrogen) atoms. The van der Waals surface area contributed by atoms with Gasteiger partial charge in [-0.2, -0.15) is 0 Å². The Morgan fingerprint density at radius 1 is 1.39 bits per heavy atom. The van der Waals surface area contributed by atoms with Crippen LogP contribution < -0.4 is 4.90 Å². The second-order valence-electron chi connectivity index (χ2n) is 4.69. The number of hydrogen-bond acceptors (Lipinski definition) is 4. The number of aromatic nitrogens is 1. The van der Waals surface area contributed by atoms with Crippen molar-refractivity contribution in [2.75, 3.05) is 31.7 Å². The van der Waals surface area contributed by atoms with Gasteiger partial charge in [-0.1, -0.05) is 13.8 Å². The third kappa shape index (κ3) is 4.27. The van der Waals surface area contributed by atoms with Crippen molar-refractivity contribution in [3.8, 4) is 0 Å². The molecule has 0 aromatic carbocycles. The van der Waals surface area contributed by atoms with Crippen molar-refractivity contribution in [1.82, 2.24) is 4.98 Å². The molecule has 1 rings (SSSR count). The average molecular weight is 252 g/mol. The average Bonchev–Trinajstić information content (AvgIpc) is 2.38. The molecule has 4 nitrogen and oxygen atoms in total. The van der Waals surface area contributed by atoms with Crippen LogP contribution >= 0.6 is 0 Å². The van der Waals surface area contributed by atoms with E-state index in [4.69, 9.17) is 4.74 Å². The molecule has 1 aromatic rings. The van der Waals surface area contributed by atoms with Crippen LogP contribution in [0.15, 0.2) is 12.1 Å². The third-order valence-electron chi connectivity index (χ3n) is 2.83. The first-order valence-corrected chi connectivity index (χ1v) is 6.49. The summed E-state index contributed by atoms with van der Waals surface area (Å²) in [5.41, 5.74) is 1.92. The maximum absolute atomic E-state index is 9.29. The zero-order valence-corrected chi connectivity index (χ0v) is 11.8. The summed E-state index contributed by atoms with van der Waals surface area (Å²) in [6, 6.07) is 3.89. The predicted molar refractivity (Wildman–Crippen MR) is 74.0 cm³/mol. The largest absolute Gasteiger partial charge is 0.392 e. The minimum atomic E-state index is 0.0501. The minimum Gasteiger partial charge on any atom is -0.392 e. The quantitative estimate of drug-likeness (QED) is 0.755. The number of aliphatic hydroxyl groups is 1. The van der Waals surface area contributed by atoms with E-state index in [9.17, 15) is 5.11 Å². The van der Waals surface area contributed by atoms with Crippen LogP contribution in [0, 0.1) is 0 Å². The van der Waals surface area contributed by atoms with Gasteiger partial charge in [-0.15, -0.1) is 0 Å². The summed E-state index contributed by atoms with van der Waals surface area (Å²) < 4.78 is 5.34. The van der Waals surface area contributed by atoms with Crippen molar-refractivity contribution in [2.45, 2.75) is 33.3 Å². The van der Waals surface area contributed by atoms with Crippen molar-refractivity contribution in [2.24, 2.45) is 0 Å². The Labute approximate surface area is 110 Å². The smallest absolute Gasteiger partial charge is 0.128 e. The van der Waals surface area contributed by atoms with Crippen molar-refractivity contribution >= 4 is 5.82 Å². The lowest BCUT2D eigenvalue weighted by Crippen LogP contribution is -2.24. The Morgan fingerprint density at radius 3 is 2.67 bits per heavy atom. The van der Waals surface area contributed by atoms with Gasteiger partial charge in [-0.3, -0.25) is 0 Å². The van der Waals surface area contributed by atoms with Gasteiger partial charge in [0.25, 0.3) is 0 Å². The van der Waals surface area contributed by atoms with E-state index in [1.165, 1.54) is 0 Å². The SMILES string of the molecule is CCOCCN(C)c1cc(CO)cc(C(C)C)n1. The van der Waals surface area contributed by atoms with Gasteiger partial charge in [0.2, 0.25) is 0 Å². The van der Waals surface area contributed by atoms with Crippen LogP contribution in [0.4, 0.5) is 5.82 Å². The summed E-state index contributed by atoms with van der Waals surface area (Å²) >= 11 is 0. The highest BCUT2D eigenvalue weighted by molar-refractivity contribution is 5.42. The third-order valence-corrected chi connectivity index (χ3v) is 2.83. The van der Waals surface area contributed by atoms with Crippen LogP contribution in [0.2, 0.25) is 0 Å². The molecule has 0 saturated carbocycles. The van der Waals surface area contributed by atoms with Crippen LogP contribution in [0.1, 0.15) is 37.9 Å². The first-order valence-electron chi connectivity index (χ1n) is 6.49. The van der Waals surface area contributed by atoms with Gasteiger partial charge in [0.1, 0.15) is 5.82 Å². The van der Waals surface area contributed by atoms with Crippen LogP contribution in [0.3, 0.4) is 0 Å². The molecule has 0 saturated heterocycles. The van der Waals surface area contributed by atoms with Crippen LogP contribution in [0.5, 0.6) is 0 Å². The second kappa shape index (κ2) is 7.34. The summed E-state index contributed by atoms with van der Waals surface area (Å²) in [5.74, 6) is 1.25. The van der Waals surface area contributed by atoms with Crippen LogP contribution in [-0.2, 0) is 11.3 Å². The Hall–Kier alpha value is -1.13. The van der Waals surface area contributed by atoms with Crippen molar-refractivity contribution in [3.05, 3.63) is 23.4 Å². The van der Waals surface area contributed by atoms with Gasteiger partial charge >= 0.3 is 0 Å². The van der Waals surface area contributed by atoms with Gasteiger partial charge in [0.15, 0.2) is 0 Å². The first-order chi connectivity index (χ1) is 8.58. The molecule has 0 atom stereocenters. The lowest BCUT2D eigenvalue weighted by atomic mass is 10.1. The number of anilines is 1. The second-order valence-corrected chi connectivity index (χ2v) is 4.69. The van der Waals surface area contributed by atoms with Gasteiger partial charge in [-0.05, 0) is 30.5 Å². The maximum Gasteiger partial charge on any atom is 0.128 e. The van der Waals surface area contributed by atoms with Gasteiger partial charge in [-0.25, -0.2) is 4.98 Å². The van der Waals surface area contributed by atoms with E-state index < -0.39 is 0 Å². The lowest BCUT2D eigenvalue weighted by molar-refractivity contribution is 0.154. The fourth-order valence-electron chi connectivity index (χ4n) is 1.64. The number of hydrogen-bond donors (Lipinski definition) is 1. The summed E-state index contributed by atoms with van der Waals surface area (Å²) in [7, 11) is 1.99. The number of ether oxygens (including phenoxy) is 1. The molecule has 0 spiro atoms. The zero-order chi connectivity index (χ0) is 13.5. The normalized spacial score (nSPS) is 11.0. The summed E-state index contributed by atoms with van der Waals surface area (Å²) in [6.45, 7) is 8.47. The van der Waals surface area contributed by atoms with Crippen LogP contribution in [0.25, 0.3) is 0 Å². The molecular weight excluding hydrogens is 228 g/mol. The molecular formula is C14H24N2O2. The van der Waals surface area contributed by atoms with Crippen LogP contribution in [-0.4, -0.2) is 36.9 Å². The Balaban J connectivity index is 2.82. The number of aliphatic hydroxyl groups excluding tert-OH is 1. The molecule has 1 heterocycles. The standard InChI is InChI=1S/C14H24N2O2/c1-5-18-7-6-16(4)14-9-12(10-17)8-13(15-14)11(2)3/h8-9,11,17H,5-7,10H2,1-4H3. The molecule has 0 aliphatic heterocycles. The highest BCUT2D eigenvalue weighted by Gasteiger charge is 2.09. The molecule has 4 heteroatoms. The van der Waals surface area contributed by atoms with Crippen molar-refractivity contribution < 1.29 is 9.84 Å². The van der Waals surface area contributed by atoms with E-state index in [-0.39, 0.29) is 6.61 Å². The molecule has 1 N–H and O–H groups in total. The minimum absolute atomic E-state index is 0.0501. The number of pyridine rings is 1. The van der Waals surface area contributed by atoms with Crippen molar-refractivity contribution in [3.63, 3.8) is 0 Å². The van der Waals surface area contributed by atoms with E-state index in [1.54, 1.807) is 0 Å². The van der Waals surface area contributed by atoms with E-state index in [1.807, 2.05) is 26.1 Å². The molecule has 0 amide bonds. The Morgan fingerprint density at radius 2 is 2.11 bits per heavy atom. The Kier molecular flexibility index (Phi) is 6.09. The zero-order valence-electron chi connectivity index (χ0n) is 11.8. The Bertz CT molecular complexity index is 367. The number of likely N-dealkylation sites (N-methyl/N-ethyl adjacent to an activating group) is 1. The molecule has 0 radical (unpaired) electrons. The molecule has 1 aromatic heterocycles. The molecule has 0 unspecified atom stereocenters. The summed E-state index contributed by atoms with van der Waals surface area (Å²) in [4.78, 5) is 6.68. The highest BCUT2D eigenvalue weighted by atomic mass is 16.5. The fraction of sp³-hybridized carbons (Fsp3) is 0.643. The molecule has 0 bridgehead atoms. The highest BCUT2D eigenvalue weighted by Crippen LogP contribution is 2.19. The number of nitrogens with zero attached hydrogens (tertiary/aromatic N) is 2. The topological polar surface area (TPSA) is 45.6 Å². The first kappa shape index (κ1) is 14.9. The van der Waals surface area contributed by atoms with E-state index in [0.717, 1.165) is 30.2 Å². The van der Waals surface area contributed by atoms with Gasteiger partial charge in [0.05, 0.1) is 13.2 Å². The summed E-state index contributed by atoms with van der Waals surface area (Å²) in [6.07, 6.45) is 0. The van der Waals surface area contributed by atoms with Gasteiger partial charge < -0.3 is 14.7 Å². The number of rotatable bonds is 7. The van der Waals surface area contributed by atoms with E-state index in [0.29, 0.717) is 12.5 Å². The molecule has 0 fully saturated rings. The molecule has 102 valence electrons.